The minimum absolute atomic E-state index is 0.102. The van der Waals surface area contributed by atoms with E-state index in [1.54, 1.807) is 12.4 Å². The number of carbonyl (C=O) groups excluding carboxylic acids is 1. The Balaban J connectivity index is 1.43. The molecule has 0 atom stereocenters. The minimum atomic E-state index is -0.102. The van der Waals surface area contributed by atoms with Gasteiger partial charge < -0.3 is 10.2 Å². The molecule has 0 unspecified atom stereocenters. The van der Waals surface area contributed by atoms with Gasteiger partial charge in [-0.3, -0.25) is 4.79 Å². The fourth-order valence-corrected chi connectivity index (χ4v) is 3.78. The van der Waals surface area contributed by atoms with E-state index in [4.69, 9.17) is 11.6 Å². The van der Waals surface area contributed by atoms with Crippen molar-refractivity contribution in [1.82, 2.24) is 15.3 Å². The summed E-state index contributed by atoms with van der Waals surface area (Å²) in [7, 11) is 0. The molecule has 1 aromatic heterocycles. The van der Waals surface area contributed by atoms with Crippen LogP contribution in [0.1, 0.15) is 28.8 Å². The van der Waals surface area contributed by atoms with Crippen molar-refractivity contribution in [3.63, 3.8) is 0 Å². The van der Waals surface area contributed by atoms with Crippen LogP contribution in [0.25, 0.3) is 10.9 Å². The molecule has 0 saturated carbocycles. The number of hydrogen-bond acceptors (Lipinski definition) is 4. The smallest absolute Gasteiger partial charge is 0.253 e. The Hall–Kier alpha value is -2.66. The normalized spacial score (nSPS) is 15.1. The number of rotatable bonds is 3. The highest BCUT2D eigenvalue weighted by molar-refractivity contribution is 6.34. The molecule has 5 nitrogen and oxygen atoms in total. The lowest BCUT2D eigenvalue weighted by Crippen LogP contribution is -2.45. The summed E-state index contributed by atoms with van der Waals surface area (Å²) in [6.07, 6.45) is 3.35. The maximum absolute atomic E-state index is 12.6. The fourth-order valence-electron chi connectivity index (χ4n) is 3.56. The second-order valence-electron chi connectivity index (χ2n) is 6.89. The first kappa shape index (κ1) is 17.7. The van der Waals surface area contributed by atoms with Gasteiger partial charge in [0.1, 0.15) is 12.1 Å². The van der Waals surface area contributed by atoms with Gasteiger partial charge >= 0.3 is 0 Å². The summed E-state index contributed by atoms with van der Waals surface area (Å²) in [5.74, 6) is 0.863. The van der Waals surface area contributed by atoms with Crippen molar-refractivity contribution in [2.75, 3.05) is 18.0 Å². The number of anilines is 1. The van der Waals surface area contributed by atoms with Gasteiger partial charge in [0.2, 0.25) is 0 Å². The number of hydrogen-bond donors (Lipinski definition) is 1. The first-order valence-electron chi connectivity index (χ1n) is 9.14. The van der Waals surface area contributed by atoms with Crippen molar-refractivity contribution in [1.29, 1.82) is 0 Å². The van der Waals surface area contributed by atoms with Crippen molar-refractivity contribution >= 4 is 34.2 Å². The molecule has 27 heavy (non-hydrogen) atoms. The third-order valence-electron chi connectivity index (χ3n) is 5.09. The van der Waals surface area contributed by atoms with Gasteiger partial charge in [-0.15, -0.1) is 0 Å². The van der Waals surface area contributed by atoms with Gasteiger partial charge in [-0.05, 0) is 43.5 Å². The monoisotopic (exact) mass is 380 g/mol. The molecule has 0 radical (unpaired) electrons. The van der Waals surface area contributed by atoms with E-state index in [1.807, 2.05) is 37.3 Å². The Kier molecular flexibility index (Phi) is 4.94. The van der Waals surface area contributed by atoms with Crippen molar-refractivity contribution in [2.45, 2.75) is 25.8 Å². The van der Waals surface area contributed by atoms with Crippen LogP contribution >= 0.6 is 11.6 Å². The van der Waals surface area contributed by atoms with Crippen LogP contribution in [0.15, 0.2) is 48.8 Å². The predicted octanol–water partition coefficient (Wildman–Crippen LogP) is 3.99. The van der Waals surface area contributed by atoms with Crippen LogP contribution in [0.2, 0.25) is 5.02 Å². The van der Waals surface area contributed by atoms with Gasteiger partial charge in [0.25, 0.3) is 5.91 Å². The summed E-state index contributed by atoms with van der Waals surface area (Å²) < 4.78 is 0. The highest BCUT2D eigenvalue weighted by Gasteiger charge is 2.24. The van der Waals surface area contributed by atoms with Gasteiger partial charge in [0.15, 0.2) is 0 Å². The van der Waals surface area contributed by atoms with Crippen molar-refractivity contribution < 1.29 is 4.79 Å². The Labute approximate surface area is 163 Å². The van der Waals surface area contributed by atoms with Crippen LogP contribution in [0, 0.1) is 6.92 Å². The third-order valence-corrected chi connectivity index (χ3v) is 5.59. The number of nitrogens with one attached hydrogen (secondary N) is 1. The second kappa shape index (κ2) is 7.53. The highest BCUT2D eigenvalue weighted by atomic mass is 35.5. The molecule has 0 bridgehead atoms. The highest BCUT2D eigenvalue weighted by Crippen LogP contribution is 2.26. The SMILES string of the molecule is Cc1cccc(C(=O)NC2CCN(c3ncnc4ccccc34)CC2)c1Cl. The Morgan fingerprint density at radius 1 is 1.11 bits per heavy atom. The number of aryl methyl sites for hydroxylation is 1. The Morgan fingerprint density at radius 3 is 2.70 bits per heavy atom. The largest absolute Gasteiger partial charge is 0.356 e. The number of benzene rings is 2. The number of piperidine rings is 1. The molecule has 138 valence electrons. The van der Waals surface area contributed by atoms with Crippen LogP contribution in [-0.4, -0.2) is 35.0 Å². The fraction of sp³-hybridized carbons (Fsp3) is 0.286. The molecular formula is C21H21ClN4O. The maximum atomic E-state index is 12.6. The number of amides is 1. The number of carbonyl (C=O) groups is 1. The van der Waals surface area contributed by atoms with Crippen LogP contribution in [0.3, 0.4) is 0 Å². The van der Waals surface area contributed by atoms with Crippen molar-refractivity contribution in [3.05, 3.63) is 64.9 Å². The molecule has 3 aromatic rings. The number of aromatic nitrogens is 2. The molecule has 1 N–H and O–H groups in total. The van der Waals surface area contributed by atoms with Gasteiger partial charge in [0, 0.05) is 24.5 Å². The van der Waals surface area contributed by atoms with Gasteiger partial charge in [-0.25, -0.2) is 9.97 Å². The van der Waals surface area contributed by atoms with E-state index in [0.29, 0.717) is 10.6 Å². The van der Waals surface area contributed by atoms with E-state index >= 15 is 0 Å². The van der Waals surface area contributed by atoms with Crippen LogP contribution in [0.4, 0.5) is 5.82 Å². The lowest BCUT2D eigenvalue weighted by atomic mass is 10.0. The van der Waals surface area contributed by atoms with Crippen LogP contribution in [0.5, 0.6) is 0 Å². The quantitative estimate of drug-likeness (QED) is 0.746. The number of nitrogens with zero attached hydrogens (tertiary/aromatic N) is 3. The van der Waals surface area contributed by atoms with Crippen molar-refractivity contribution in [3.8, 4) is 0 Å². The van der Waals surface area contributed by atoms with E-state index in [0.717, 1.165) is 48.2 Å². The Morgan fingerprint density at radius 2 is 1.89 bits per heavy atom. The van der Waals surface area contributed by atoms with E-state index in [-0.39, 0.29) is 11.9 Å². The first-order valence-corrected chi connectivity index (χ1v) is 9.52. The zero-order valence-corrected chi connectivity index (χ0v) is 15.9. The van der Waals surface area contributed by atoms with E-state index < -0.39 is 0 Å². The standard InChI is InChI=1S/C21H21ClN4O/c1-14-5-4-7-17(19(14)22)21(27)25-15-9-11-26(12-10-15)20-16-6-2-3-8-18(16)23-13-24-20/h2-8,13,15H,9-12H2,1H3,(H,25,27). The van der Waals surface area contributed by atoms with Crippen molar-refractivity contribution in [2.24, 2.45) is 0 Å². The molecule has 1 aliphatic heterocycles. The predicted molar refractivity (Wildman–Crippen MR) is 108 cm³/mol. The maximum Gasteiger partial charge on any atom is 0.253 e. The lowest BCUT2D eigenvalue weighted by Gasteiger charge is -2.33. The topological polar surface area (TPSA) is 58.1 Å². The van der Waals surface area contributed by atoms with E-state index in [9.17, 15) is 4.79 Å². The van der Waals surface area contributed by atoms with Gasteiger partial charge in [-0.2, -0.15) is 0 Å². The van der Waals surface area contributed by atoms with Crippen LogP contribution < -0.4 is 10.2 Å². The molecule has 1 saturated heterocycles. The minimum Gasteiger partial charge on any atom is -0.356 e. The molecule has 0 spiro atoms. The molecule has 2 aromatic carbocycles. The second-order valence-corrected chi connectivity index (χ2v) is 7.26. The van der Waals surface area contributed by atoms with E-state index in [2.05, 4.69) is 26.3 Å². The lowest BCUT2D eigenvalue weighted by molar-refractivity contribution is 0.0931. The number of para-hydroxylation sites is 1. The number of halogens is 1. The first-order chi connectivity index (χ1) is 13.1. The summed E-state index contributed by atoms with van der Waals surface area (Å²) in [6.45, 7) is 3.59. The molecule has 4 rings (SSSR count). The molecule has 1 fully saturated rings. The van der Waals surface area contributed by atoms with Crippen LogP contribution in [-0.2, 0) is 0 Å². The average molecular weight is 381 g/mol. The zero-order valence-electron chi connectivity index (χ0n) is 15.2. The molecule has 0 aliphatic carbocycles. The Bertz CT molecular complexity index is 978. The molecule has 1 amide bonds. The molecule has 2 heterocycles. The summed E-state index contributed by atoms with van der Waals surface area (Å²) in [4.78, 5) is 23.7. The zero-order chi connectivity index (χ0) is 18.8. The summed E-state index contributed by atoms with van der Waals surface area (Å²) in [5, 5.41) is 4.72. The summed E-state index contributed by atoms with van der Waals surface area (Å²) >= 11 is 6.28. The average Bonchev–Trinajstić information content (AvgIpc) is 2.70. The number of fused-ring (bicyclic) bond motifs is 1. The van der Waals surface area contributed by atoms with E-state index in [1.165, 1.54) is 0 Å². The third kappa shape index (κ3) is 3.60. The van der Waals surface area contributed by atoms with Gasteiger partial charge in [0.05, 0.1) is 16.1 Å². The molecule has 1 aliphatic rings. The summed E-state index contributed by atoms with van der Waals surface area (Å²) in [6, 6.07) is 13.7. The molecule has 6 heteroatoms. The summed E-state index contributed by atoms with van der Waals surface area (Å²) in [5.41, 5.74) is 2.41. The van der Waals surface area contributed by atoms with Gasteiger partial charge in [-0.1, -0.05) is 35.9 Å². The molecular weight excluding hydrogens is 360 g/mol.